The average molecular weight is 904 g/mol. The second-order valence-electron chi connectivity index (χ2n) is 16.2. The maximum atomic E-state index is 12.9. The number of thioether (sulfide) groups is 1. The van der Waals surface area contributed by atoms with Crippen molar-refractivity contribution >= 4 is 53.2 Å². The van der Waals surface area contributed by atoms with Crippen LogP contribution in [-0.2, 0) is 44.7 Å². The van der Waals surface area contributed by atoms with E-state index in [0.717, 1.165) is 24.2 Å². The number of unbranched alkanes of at least 4 members (excludes halogenated alkanes) is 1. The second-order valence-corrected chi connectivity index (χ2v) is 17.4. The molecule has 0 spiro atoms. The lowest BCUT2D eigenvalue weighted by molar-refractivity contribution is -0.273. The molecule has 19 nitrogen and oxygen atoms in total. The third-order valence-electron chi connectivity index (χ3n) is 11.6. The fourth-order valence-corrected chi connectivity index (χ4v) is 9.64. The van der Waals surface area contributed by atoms with Crippen molar-refractivity contribution in [1.29, 1.82) is 0 Å². The van der Waals surface area contributed by atoms with Crippen LogP contribution in [0.25, 0.3) is 0 Å². The van der Waals surface area contributed by atoms with Gasteiger partial charge in [0.1, 0.15) is 24.4 Å². The van der Waals surface area contributed by atoms with Crippen molar-refractivity contribution in [3.63, 3.8) is 0 Å². The van der Waals surface area contributed by atoms with Crippen molar-refractivity contribution in [2.45, 2.75) is 98.8 Å². The Labute approximate surface area is 373 Å². The van der Waals surface area contributed by atoms with Gasteiger partial charge in [-0.25, -0.2) is 9.59 Å². The minimum Gasteiger partial charge on any atom is -0.454 e. The molecule has 20 heteroatoms. The lowest BCUT2D eigenvalue weighted by atomic mass is 9.95. The minimum atomic E-state index is -1.49. The lowest BCUT2D eigenvalue weighted by Crippen LogP contribution is -2.65. The number of amides is 6. The quantitative estimate of drug-likeness (QED) is 0.0341. The highest BCUT2D eigenvalue weighted by Crippen LogP contribution is 2.33. The zero-order chi connectivity index (χ0) is 45.2. The van der Waals surface area contributed by atoms with Crippen LogP contribution in [0.15, 0.2) is 78.4 Å². The molecule has 10 atom stereocenters. The van der Waals surface area contributed by atoms with Gasteiger partial charge in [-0.15, -0.1) is 0 Å². The zero-order valence-corrected chi connectivity index (χ0v) is 35.7. The van der Waals surface area contributed by atoms with Gasteiger partial charge in [0.25, 0.3) is 0 Å². The van der Waals surface area contributed by atoms with E-state index in [-0.39, 0.29) is 62.3 Å². The summed E-state index contributed by atoms with van der Waals surface area (Å²) in [5.74, 6) is -1.91. The average Bonchev–Trinajstić information content (AvgIpc) is 3.98. The molecule has 1 aliphatic carbocycles. The van der Waals surface area contributed by atoms with Gasteiger partial charge in [0.2, 0.25) is 23.6 Å². The first kappa shape index (κ1) is 46.4. The van der Waals surface area contributed by atoms with E-state index in [2.05, 4.69) is 37.2 Å². The summed E-state index contributed by atoms with van der Waals surface area (Å²) in [7, 11) is 0. The van der Waals surface area contributed by atoms with Crippen LogP contribution < -0.4 is 37.2 Å². The summed E-state index contributed by atoms with van der Waals surface area (Å²) in [4.78, 5) is 85.9. The minimum absolute atomic E-state index is 0.104. The van der Waals surface area contributed by atoms with Gasteiger partial charge in [-0.1, -0.05) is 73.2 Å². The Balaban J connectivity index is 0.826. The summed E-state index contributed by atoms with van der Waals surface area (Å²) in [5, 5.41) is 41.8. The predicted molar refractivity (Wildman–Crippen MR) is 230 cm³/mol. The smallest absolute Gasteiger partial charge is 0.331 e. The van der Waals surface area contributed by atoms with Crippen LogP contribution in [0.4, 0.5) is 4.79 Å². The number of esters is 1. The van der Waals surface area contributed by atoms with Crippen LogP contribution in [-0.4, -0.2) is 144 Å². The number of carbonyl (C=O) groups excluding carboxylic acids is 7. The largest absolute Gasteiger partial charge is 0.454 e. The highest BCUT2D eigenvalue weighted by Gasteiger charge is 2.46. The number of carbonyl (C=O) groups is 7. The van der Waals surface area contributed by atoms with Gasteiger partial charge in [0.15, 0.2) is 12.1 Å². The van der Waals surface area contributed by atoms with Crippen LogP contribution in [0.3, 0.4) is 0 Å². The number of fused-ring (bicyclic) bond motifs is 2. The zero-order valence-electron chi connectivity index (χ0n) is 34.9. The second kappa shape index (κ2) is 21.8. The van der Waals surface area contributed by atoms with E-state index < -0.39 is 79.6 Å². The highest BCUT2D eigenvalue weighted by atomic mass is 32.2. The molecule has 0 saturated carbocycles. The first-order valence-electron chi connectivity index (χ1n) is 21.3. The molecule has 7 rings (SSSR count). The summed E-state index contributed by atoms with van der Waals surface area (Å²) in [6, 6.07) is 15.0. The molecule has 0 unspecified atom stereocenters. The van der Waals surface area contributed by atoms with E-state index in [9.17, 15) is 43.8 Å². The molecular weight excluding hydrogens is 851 g/mol. The number of urea groups is 1. The monoisotopic (exact) mass is 903 g/mol. The summed E-state index contributed by atoms with van der Waals surface area (Å²) in [6.07, 6.45) is 1.34. The van der Waals surface area contributed by atoms with Crippen molar-refractivity contribution in [2.75, 3.05) is 31.9 Å². The van der Waals surface area contributed by atoms with Crippen LogP contribution >= 0.6 is 11.8 Å². The molecule has 9 N–H and O–H groups in total. The fraction of sp³-hybridized carbons (Fsp3) is 0.477. The first-order chi connectivity index (χ1) is 30.9. The number of rotatable bonds is 20. The number of ketones is 1. The van der Waals surface area contributed by atoms with Gasteiger partial charge in [0, 0.05) is 54.1 Å². The van der Waals surface area contributed by atoms with E-state index in [1.807, 2.05) is 6.07 Å². The maximum Gasteiger partial charge on any atom is 0.331 e. The molecule has 0 bridgehead atoms. The van der Waals surface area contributed by atoms with Crippen molar-refractivity contribution in [2.24, 2.45) is 0 Å². The molecule has 342 valence electrons. The van der Waals surface area contributed by atoms with Gasteiger partial charge < -0.3 is 61.6 Å². The molecular formula is C44H53N7O12S. The van der Waals surface area contributed by atoms with Gasteiger partial charge in [-0.2, -0.15) is 11.8 Å². The standard InChI is InChI=1S/C44H53N7O12S/c52-33(9-5-4-8-32-38-29(23-64-32)50-44(60)51-38)46-20-35(54)48-22-36(55)47-21-34(53)45-19-31-41(58)42(59)39(43(63-31)61-28-15-14-27-16-37(56)62-30(27)17-28)49-18-24-10-12-26(13-11-24)40(57)25-6-2-1-3-7-25/h1-3,6-7,10-16,28-32,38-39,41-43,49,58-59H,4-5,8-9,17-23H2,(H,45,53)(H,46,52)(H,47,55)(H,48,54)(H2,50,51,60)/t28-,29+,30-,31-,32+,38+,39-,41+,42-,43-/m1/s1. The van der Waals surface area contributed by atoms with Gasteiger partial charge in [-0.3, -0.25) is 24.0 Å². The number of benzene rings is 2. The molecule has 0 aromatic heterocycles. The third kappa shape index (κ3) is 12.3. The number of hydrogen-bond donors (Lipinski definition) is 9. The molecule has 3 saturated heterocycles. The van der Waals surface area contributed by atoms with Crippen molar-refractivity contribution in [3.05, 3.63) is 95.1 Å². The topological polar surface area (TPSA) is 272 Å². The van der Waals surface area contributed by atoms with Crippen LogP contribution in [0.2, 0.25) is 0 Å². The molecule has 0 radical (unpaired) electrons. The van der Waals surface area contributed by atoms with Crippen molar-refractivity contribution in [1.82, 2.24) is 37.2 Å². The van der Waals surface area contributed by atoms with Crippen molar-refractivity contribution < 1.29 is 58.0 Å². The Morgan fingerprint density at radius 2 is 1.50 bits per heavy atom. The summed E-state index contributed by atoms with van der Waals surface area (Å²) in [6.45, 7) is -1.30. The Hall–Kier alpha value is -5.64. The lowest BCUT2D eigenvalue weighted by Gasteiger charge is -2.44. The molecule has 5 aliphatic rings. The number of aliphatic hydroxyl groups is 2. The molecule has 6 amide bonds. The van der Waals surface area contributed by atoms with E-state index in [1.54, 1.807) is 72.4 Å². The normalized spacial score (nSPS) is 27.8. The Morgan fingerprint density at radius 3 is 2.23 bits per heavy atom. The van der Waals surface area contributed by atoms with Crippen LogP contribution in [0.1, 0.15) is 53.6 Å². The Morgan fingerprint density at radius 1 is 0.812 bits per heavy atom. The van der Waals surface area contributed by atoms with E-state index in [0.29, 0.717) is 28.4 Å². The first-order valence-corrected chi connectivity index (χ1v) is 22.4. The summed E-state index contributed by atoms with van der Waals surface area (Å²) in [5.41, 5.74) is 2.55. The number of aliphatic hydroxyl groups excluding tert-OH is 2. The molecule has 4 aliphatic heterocycles. The van der Waals surface area contributed by atoms with E-state index in [4.69, 9.17) is 14.2 Å². The molecule has 64 heavy (non-hydrogen) atoms. The maximum absolute atomic E-state index is 12.9. The van der Waals surface area contributed by atoms with Gasteiger partial charge in [-0.05, 0) is 24.0 Å². The third-order valence-corrected chi connectivity index (χ3v) is 13.1. The summed E-state index contributed by atoms with van der Waals surface area (Å²) < 4.78 is 17.8. The van der Waals surface area contributed by atoms with Crippen LogP contribution in [0.5, 0.6) is 0 Å². The van der Waals surface area contributed by atoms with Crippen molar-refractivity contribution in [3.8, 4) is 0 Å². The fourth-order valence-electron chi connectivity index (χ4n) is 8.09. The predicted octanol–water partition coefficient (Wildman–Crippen LogP) is -0.790. The highest BCUT2D eigenvalue weighted by molar-refractivity contribution is 8.00. The van der Waals surface area contributed by atoms with Gasteiger partial charge >= 0.3 is 12.0 Å². The summed E-state index contributed by atoms with van der Waals surface area (Å²) >= 11 is 1.81. The number of nitrogens with one attached hydrogen (secondary N) is 7. The van der Waals surface area contributed by atoms with Crippen LogP contribution in [0, 0.1) is 0 Å². The SMILES string of the molecule is O=C(CCCC[C@@H]1SC[C@@H]2NC(=O)N[C@@H]21)NCC(=O)NCC(=O)NCC(=O)NC[C@H]1O[C@@H](O[C@@H]2C=CC3=CC(=O)O[C@@H]3C2)[C@H](NCc2ccc(C(=O)c3ccccc3)cc2)[C@@H](O)[C@H]1O. The number of hydrogen-bond acceptors (Lipinski definition) is 14. The number of ether oxygens (including phenoxy) is 3. The molecule has 3 fully saturated rings. The van der Waals surface area contributed by atoms with Gasteiger partial charge in [0.05, 0.1) is 43.9 Å². The Bertz CT molecular complexity index is 2110. The van der Waals surface area contributed by atoms with E-state index >= 15 is 0 Å². The molecule has 4 heterocycles. The van der Waals surface area contributed by atoms with E-state index in [1.165, 1.54) is 6.08 Å². The molecule has 2 aromatic rings. The Kier molecular flexibility index (Phi) is 15.8. The molecule has 2 aromatic carbocycles.